The molecule has 0 bridgehead atoms. The van der Waals surface area contributed by atoms with Crippen molar-refractivity contribution in [2.75, 3.05) is 25.0 Å². The highest BCUT2D eigenvalue weighted by atomic mass is 35.5. The zero-order chi connectivity index (χ0) is 25.5. The first-order chi connectivity index (χ1) is 17.4. The van der Waals surface area contributed by atoms with Crippen molar-refractivity contribution in [3.05, 3.63) is 93.5 Å². The van der Waals surface area contributed by atoms with Crippen LogP contribution in [0.3, 0.4) is 0 Å². The molecule has 0 aliphatic carbocycles. The lowest BCUT2D eigenvalue weighted by Gasteiger charge is -2.32. The SMILES string of the molecule is O=C(Nc1ccc(CC(F)F)nc1C1CCN(CC=Cc2ccc(Cl)cc2)CC1)c1ccnc(Cl)c1. The van der Waals surface area contributed by atoms with Gasteiger partial charge in [0, 0.05) is 34.9 Å². The zero-order valence-electron chi connectivity index (χ0n) is 19.5. The lowest BCUT2D eigenvalue weighted by Crippen LogP contribution is -2.33. The molecular weight excluding hydrogens is 505 g/mol. The summed E-state index contributed by atoms with van der Waals surface area (Å²) in [5.74, 6) is -0.302. The molecule has 0 unspecified atom stereocenters. The first-order valence-electron chi connectivity index (χ1n) is 11.7. The topological polar surface area (TPSA) is 58.1 Å². The molecule has 36 heavy (non-hydrogen) atoms. The Morgan fingerprint density at radius 1 is 1.11 bits per heavy atom. The van der Waals surface area contributed by atoms with Crippen LogP contribution in [0.2, 0.25) is 10.2 Å². The van der Waals surface area contributed by atoms with Crippen molar-refractivity contribution in [1.82, 2.24) is 14.9 Å². The second kappa shape index (κ2) is 12.4. The van der Waals surface area contributed by atoms with Crippen molar-refractivity contribution in [2.45, 2.75) is 31.6 Å². The molecule has 2 aromatic heterocycles. The maximum atomic E-state index is 13.0. The van der Waals surface area contributed by atoms with Gasteiger partial charge >= 0.3 is 0 Å². The summed E-state index contributed by atoms with van der Waals surface area (Å²) in [7, 11) is 0. The Balaban J connectivity index is 1.43. The van der Waals surface area contributed by atoms with E-state index in [0.29, 0.717) is 27.7 Å². The van der Waals surface area contributed by atoms with Crippen LogP contribution in [0.4, 0.5) is 14.5 Å². The fourth-order valence-electron chi connectivity index (χ4n) is 4.24. The van der Waals surface area contributed by atoms with Crippen LogP contribution in [0.25, 0.3) is 6.08 Å². The first-order valence-corrected chi connectivity index (χ1v) is 12.5. The first kappa shape index (κ1) is 26.2. The largest absolute Gasteiger partial charge is 0.320 e. The summed E-state index contributed by atoms with van der Waals surface area (Å²) in [5, 5.41) is 3.81. The number of hydrogen-bond donors (Lipinski definition) is 1. The molecule has 0 saturated carbocycles. The fraction of sp³-hybridized carbons (Fsp3) is 0.296. The molecule has 1 aromatic carbocycles. The number of alkyl halides is 2. The predicted octanol–water partition coefficient (Wildman–Crippen LogP) is 6.74. The van der Waals surface area contributed by atoms with E-state index >= 15 is 0 Å². The van der Waals surface area contributed by atoms with Gasteiger partial charge in [-0.15, -0.1) is 0 Å². The number of rotatable bonds is 8. The van der Waals surface area contributed by atoms with Crippen molar-refractivity contribution in [3.8, 4) is 0 Å². The number of piperidine rings is 1. The van der Waals surface area contributed by atoms with E-state index in [4.69, 9.17) is 23.2 Å². The highest BCUT2D eigenvalue weighted by molar-refractivity contribution is 6.30. The van der Waals surface area contributed by atoms with Crippen LogP contribution in [0.5, 0.6) is 0 Å². The molecule has 1 amide bonds. The number of pyridine rings is 2. The van der Waals surface area contributed by atoms with E-state index in [1.807, 2.05) is 24.3 Å². The third-order valence-corrected chi connectivity index (χ3v) is 6.56. The molecular formula is C27H26Cl2F2N4O. The number of aromatic nitrogens is 2. The van der Waals surface area contributed by atoms with Crippen LogP contribution in [0.1, 0.15) is 46.1 Å². The normalized spacial score (nSPS) is 15.0. The smallest absolute Gasteiger partial charge is 0.255 e. The Hall–Kier alpha value is -2.87. The lowest BCUT2D eigenvalue weighted by atomic mass is 9.91. The summed E-state index contributed by atoms with van der Waals surface area (Å²) in [5.41, 5.74) is 2.95. The molecule has 9 heteroatoms. The Labute approximate surface area is 219 Å². The number of nitrogens with one attached hydrogen (secondary N) is 1. The van der Waals surface area contributed by atoms with Crippen molar-refractivity contribution in [2.24, 2.45) is 0 Å². The van der Waals surface area contributed by atoms with Crippen LogP contribution in [-0.2, 0) is 6.42 Å². The molecule has 0 spiro atoms. The van der Waals surface area contributed by atoms with E-state index in [-0.39, 0.29) is 17.0 Å². The molecule has 0 atom stereocenters. The van der Waals surface area contributed by atoms with Crippen molar-refractivity contribution in [1.29, 1.82) is 0 Å². The van der Waals surface area contributed by atoms with Gasteiger partial charge in [0.05, 0.1) is 17.8 Å². The Kier molecular flexibility index (Phi) is 9.02. The van der Waals surface area contributed by atoms with E-state index < -0.39 is 12.8 Å². The molecule has 4 rings (SSSR count). The van der Waals surface area contributed by atoms with Gasteiger partial charge in [-0.05, 0) is 67.9 Å². The number of nitrogens with zero attached hydrogens (tertiary/aromatic N) is 3. The standard InChI is InChI=1S/C27H26Cl2F2N4O/c28-21-5-3-18(4-6-21)2-1-13-35-14-10-19(11-15-35)26-23(8-7-22(33-26)17-25(30)31)34-27(36)20-9-12-32-24(29)16-20/h1-9,12,16,19,25H,10-11,13-15,17H2,(H,34,36). The Morgan fingerprint density at radius 2 is 1.86 bits per heavy atom. The minimum absolute atomic E-state index is 0.0513. The maximum Gasteiger partial charge on any atom is 0.255 e. The van der Waals surface area contributed by atoms with Crippen LogP contribution < -0.4 is 5.32 Å². The number of carbonyl (C=O) groups excluding carboxylic acids is 1. The van der Waals surface area contributed by atoms with Crippen LogP contribution in [0, 0.1) is 0 Å². The van der Waals surface area contributed by atoms with Crippen LogP contribution in [0.15, 0.2) is 60.8 Å². The van der Waals surface area contributed by atoms with Gasteiger partial charge in [0.1, 0.15) is 5.15 Å². The summed E-state index contributed by atoms with van der Waals surface area (Å²) in [4.78, 5) is 23.6. The Morgan fingerprint density at radius 3 is 2.56 bits per heavy atom. The molecule has 1 N–H and O–H groups in total. The fourth-order valence-corrected chi connectivity index (χ4v) is 4.54. The van der Waals surface area contributed by atoms with Crippen LogP contribution in [-0.4, -0.2) is 46.8 Å². The van der Waals surface area contributed by atoms with Gasteiger partial charge in [0.15, 0.2) is 0 Å². The number of amides is 1. The third kappa shape index (κ3) is 7.32. The van der Waals surface area contributed by atoms with Crippen molar-refractivity contribution in [3.63, 3.8) is 0 Å². The number of hydrogen-bond acceptors (Lipinski definition) is 4. The number of likely N-dealkylation sites (tertiary alicyclic amines) is 1. The number of benzene rings is 1. The molecule has 1 aliphatic heterocycles. The minimum atomic E-state index is -2.49. The third-order valence-electron chi connectivity index (χ3n) is 6.10. The van der Waals surface area contributed by atoms with E-state index in [1.54, 1.807) is 18.2 Å². The summed E-state index contributed by atoms with van der Waals surface area (Å²) in [6.07, 6.45) is 4.36. The second-order valence-electron chi connectivity index (χ2n) is 8.68. The van der Waals surface area contributed by atoms with Crippen molar-refractivity contribution >= 4 is 40.9 Å². The zero-order valence-corrected chi connectivity index (χ0v) is 21.0. The molecule has 1 saturated heterocycles. The lowest BCUT2D eigenvalue weighted by molar-refractivity contribution is 0.102. The summed E-state index contributed by atoms with van der Waals surface area (Å²) < 4.78 is 26.1. The molecule has 3 heterocycles. The molecule has 3 aromatic rings. The molecule has 0 radical (unpaired) electrons. The molecule has 1 fully saturated rings. The van der Waals surface area contributed by atoms with Crippen molar-refractivity contribution < 1.29 is 13.6 Å². The van der Waals surface area contributed by atoms with Gasteiger partial charge in [-0.2, -0.15) is 0 Å². The second-order valence-corrected chi connectivity index (χ2v) is 9.50. The van der Waals surface area contributed by atoms with Crippen LogP contribution >= 0.6 is 23.2 Å². The molecule has 1 aliphatic rings. The summed E-state index contributed by atoms with van der Waals surface area (Å²) in [6.45, 7) is 2.48. The van der Waals surface area contributed by atoms with E-state index in [0.717, 1.165) is 38.0 Å². The van der Waals surface area contributed by atoms with E-state index in [9.17, 15) is 13.6 Å². The van der Waals surface area contributed by atoms with E-state index in [2.05, 4.69) is 32.3 Å². The van der Waals surface area contributed by atoms with Gasteiger partial charge in [0.25, 0.3) is 5.91 Å². The number of carbonyl (C=O) groups is 1. The molecule has 5 nitrogen and oxygen atoms in total. The van der Waals surface area contributed by atoms with Gasteiger partial charge < -0.3 is 5.32 Å². The molecule has 188 valence electrons. The number of anilines is 1. The van der Waals surface area contributed by atoms with Gasteiger partial charge in [-0.25, -0.2) is 13.8 Å². The highest BCUT2D eigenvalue weighted by Crippen LogP contribution is 2.32. The summed E-state index contributed by atoms with van der Waals surface area (Å²) in [6, 6.07) is 13.9. The predicted molar refractivity (Wildman–Crippen MR) is 140 cm³/mol. The minimum Gasteiger partial charge on any atom is -0.320 e. The van der Waals surface area contributed by atoms with Gasteiger partial charge in [-0.1, -0.05) is 47.5 Å². The van der Waals surface area contributed by atoms with Gasteiger partial charge in [-0.3, -0.25) is 14.7 Å². The summed E-state index contributed by atoms with van der Waals surface area (Å²) >= 11 is 11.9. The average molecular weight is 531 g/mol. The Bertz CT molecular complexity index is 1210. The monoisotopic (exact) mass is 530 g/mol. The average Bonchev–Trinajstić information content (AvgIpc) is 2.86. The maximum absolute atomic E-state index is 13.0. The quantitative estimate of drug-likeness (QED) is 0.328. The highest BCUT2D eigenvalue weighted by Gasteiger charge is 2.25. The number of halogens is 4. The van der Waals surface area contributed by atoms with Gasteiger partial charge in [0.2, 0.25) is 6.43 Å². The van der Waals surface area contributed by atoms with E-state index in [1.165, 1.54) is 12.3 Å².